The first kappa shape index (κ1) is 16.7. The van der Waals surface area contributed by atoms with E-state index in [4.69, 9.17) is 0 Å². The monoisotopic (exact) mass is 324 g/mol. The summed E-state index contributed by atoms with van der Waals surface area (Å²) in [5, 5.41) is 5.04. The number of rotatable bonds is 5. The third-order valence-electron chi connectivity index (χ3n) is 3.06. The smallest absolute Gasteiger partial charge is 0.387 e. The summed E-state index contributed by atoms with van der Waals surface area (Å²) in [5.74, 6) is -0.483. The summed E-state index contributed by atoms with van der Waals surface area (Å²) in [7, 11) is 0. The first-order valence-electron chi connectivity index (χ1n) is 6.79. The first-order chi connectivity index (χ1) is 11.0. The van der Waals surface area contributed by atoms with Crippen LogP contribution >= 0.6 is 0 Å². The van der Waals surface area contributed by atoms with Crippen LogP contribution in [0.1, 0.15) is 11.1 Å². The zero-order chi connectivity index (χ0) is 16.8. The maximum atomic E-state index is 12.8. The number of ether oxygens (including phenoxy) is 1. The molecule has 2 N–H and O–H groups in total. The van der Waals surface area contributed by atoms with E-state index < -0.39 is 12.6 Å². The second kappa shape index (κ2) is 7.53. The van der Waals surface area contributed by atoms with Gasteiger partial charge < -0.3 is 15.4 Å². The predicted molar refractivity (Wildman–Crippen MR) is 80.1 cm³/mol. The van der Waals surface area contributed by atoms with Crippen molar-refractivity contribution in [3.8, 4) is 5.75 Å². The van der Waals surface area contributed by atoms with Crippen LogP contribution in [-0.2, 0) is 6.54 Å². The summed E-state index contributed by atoms with van der Waals surface area (Å²) in [6.07, 6.45) is 0. The molecule has 0 heterocycles. The number of hydrogen-bond donors (Lipinski definition) is 2. The summed E-state index contributed by atoms with van der Waals surface area (Å²) in [6.45, 7) is -1.16. The number of alkyl halides is 2. The van der Waals surface area contributed by atoms with Gasteiger partial charge in [0.15, 0.2) is 0 Å². The van der Waals surface area contributed by atoms with Gasteiger partial charge in [-0.15, -0.1) is 0 Å². The molecule has 0 aliphatic heterocycles. The SMILES string of the molecule is Cc1cccc(OC(F)F)c1NC(=O)NCc1ccc(F)cc1. The Balaban J connectivity index is 2.01. The fourth-order valence-electron chi connectivity index (χ4n) is 1.94. The lowest BCUT2D eigenvalue weighted by atomic mass is 10.2. The topological polar surface area (TPSA) is 50.4 Å². The number of carbonyl (C=O) groups is 1. The zero-order valence-corrected chi connectivity index (χ0v) is 12.3. The average molecular weight is 324 g/mol. The lowest BCUT2D eigenvalue weighted by molar-refractivity contribution is -0.0493. The molecule has 0 saturated heterocycles. The van der Waals surface area contributed by atoms with Gasteiger partial charge in [-0.05, 0) is 36.2 Å². The molecule has 122 valence electrons. The zero-order valence-electron chi connectivity index (χ0n) is 12.3. The molecule has 0 unspecified atom stereocenters. The van der Waals surface area contributed by atoms with Crippen molar-refractivity contribution < 1.29 is 22.7 Å². The Morgan fingerprint density at radius 3 is 2.52 bits per heavy atom. The van der Waals surface area contributed by atoms with E-state index in [0.29, 0.717) is 11.1 Å². The number of benzene rings is 2. The van der Waals surface area contributed by atoms with E-state index in [1.54, 1.807) is 19.1 Å². The Morgan fingerprint density at radius 2 is 1.87 bits per heavy atom. The Kier molecular flexibility index (Phi) is 5.46. The van der Waals surface area contributed by atoms with E-state index in [1.807, 2.05) is 0 Å². The molecule has 0 radical (unpaired) electrons. The third-order valence-corrected chi connectivity index (χ3v) is 3.06. The molecule has 0 fully saturated rings. The second-order valence-corrected chi connectivity index (χ2v) is 4.76. The molecular weight excluding hydrogens is 309 g/mol. The lowest BCUT2D eigenvalue weighted by Gasteiger charge is -2.14. The van der Waals surface area contributed by atoms with Gasteiger partial charge in [-0.25, -0.2) is 9.18 Å². The largest absolute Gasteiger partial charge is 0.433 e. The van der Waals surface area contributed by atoms with Crippen molar-refractivity contribution in [2.45, 2.75) is 20.1 Å². The summed E-state index contributed by atoms with van der Waals surface area (Å²) < 4.78 is 42.0. The minimum Gasteiger partial charge on any atom is -0.433 e. The molecule has 0 aliphatic carbocycles. The van der Waals surface area contributed by atoms with E-state index in [2.05, 4.69) is 15.4 Å². The van der Waals surface area contributed by atoms with Gasteiger partial charge in [0.1, 0.15) is 11.6 Å². The van der Waals surface area contributed by atoms with Crippen LogP contribution in [0.2, 0.25) is 0 Å². The summed E-state index contributed by atoms with van der Waals surface area (Å²) >= 11 is 0. The van der Waals surface area contributed by atoms with Crippen molar-refractivity contribution in [2.75, 3.05) is 5.32 Å². The average Bonchev–Trinajstić information content (AvgIpc) is 2.50. The molecule has 7 heteroatoms. The van der Waals surface area contributed by atoms with E-state index in [0.717, 1.165) is 0 Å². The van der Waals surface area contributed by atoms with Gasteiger partial charge in [0.05, 0.1) is 5.69 Å². The van der Waals surface area contributed by atoms with Crippen LogP contribution in [0.25, 0.3) is 0 Å². The van der Waals surface area contributed by atoms with Crippen LogP contribution in [-0.4, -0.2) is 12.6 Å². The quantitative estimate of drug-likeness (QED) is 0.871. The van der Waals surface area contributed by atoms with Crippen molar-refractivity contribution in [3.05, 3.63) is 59.4 Å². The number of nitrogens with one attached hydrogen (secondary N) is 2. The standard InChI is InChI=1S/C16H15F3N2O2/c1-10-3-2-4-13(23-15(18)19)14(10)21-16(22)20-9-11-5-7-12(17)8-6-11/h2-8,15H,9H2,1H3,(H2,20,21,22). The number of para-hydroxylation sites is 1. The summed E-state index contributed by atoms with van der Waals surface area (Å²) in [5.41, 5.74) is 1.46. The summed E-state index contributed by atoms with van der Waals surface area (Å²) in [6, 6.07) is 9.61. The molecule has 23 heavy (non-hydrogen) atoms. The van der Waals surface area contributed by atoms with E-state index in [1.165, 1.54) is 30.3 Å². The molecule has 0 saturated carbocycles. The highest BCUT2D eigenvalue weighted by Crippen LogP contribution is 2.29. The highest BCUT2D eigenvalue weighted by Gasteiger charge is 2.13. The Labute approximate surface area is 131 Å². The van der Waals surface area contributed by atoms with Crippen molar-refractivity contribution in [3.63, 3.8) is 0 Å². The normalized spacial score (nSPS) is 10.5. The van der Waals surface area contributed by atoms with Gasteiger partial charge in [0.2, 0.25) is 0 Å². The molecule has 2 aromatic rings. The van der Waals surface area contributed by atoms with E-state index in [-0.39, 0.29) is 23.8 Å². The number of halogens is 3. The van der Waals surface area contributed by atoms with E-state index in [9.17, 15) is 18.0 Å². The molecule has 0 aromatic heterocycles. The molecule has 2 aromatic carbocycles. The maximum Gasteiger partial charge on any atom is 0.387 e. The number of urea groups is 1. The van der Waals surface area contributed by atoms with Crippen LogP contribution < -0.4 is 15.4 Å². The van der Waals surface area contributed by atoms with Gasteiger partial charge in [-0.2, -0.15) is 8.78 Å². The Hall–Kier alpha value is -2.70. The number of carbonyl (C=O) groups excluding carboxylic acids is 1. The van der Waals surface area contributed by atoms with Crippen molar-refractivity contribution in [2.24, 2.45) is 0 Å². The molecule has 2 amide bonds. The molecule has 0 bridgehead atoms. The van der Waals surface area contributed by atoms with Gasteiger partial charge in [-0.1, -0.05) is 24.3 Å². The Bertz CT molecular complexity index is 676. The summed E-state index contributed by atoms with van der Waals surface area (Å²) in [4.78, 5) is 11.9. The highest BCUT2D eigenvalue weighted by molar-refractivity contribution is 5.91. The van der Waals surface area contributed by atoms with Crippen LogP contribution in [0.15, 0.2) is 42.5 Å². The number of anilines is 1. The van der Waals surface area contributed by atoms with Crippen molar-refractivity contribution in [1.29, 1.82) is 0 Å². The minimum absolute atomic E-state index is 0.114. The van der Waals surface area contributed by atoms with Crippen LogP contribution in [0, 0.1) is 12.7 Å². The minimum atomic E-state index is -2.99. The molecule has 0 aliphatic rings. The van der Waals surface area contributed by atoms with Gasteiger partial charge in [-0.3, -0.25) is 0 Å². The van der Waals surface area contributed by atoms with Crippen molar-refractivity contribution in [1.82, 2.24) is 5.32 Å². The molecular formula is C16H15F3N2O2. The van der Waals surface area contributed by atoms with Crippen LogP contribution in [0.5, 0.6) is 5.75 Å². The Morgan fingerprint density at radius 1 is 1.17 bits per heavy atom. The second-order valence-electron chi connectivity index (χ2n) is 4.76. The van der Waals surface area contributed by atoms with Gasteiger partial charge >= 0.3 is 12.6 Å². The van der Waals surface area contributed by atoms with Crippen molar-refractivity contribution >= 4 is 11.7 Å². The fraction of sp³-hybridized carbons (Fsp3) is 0.188. The van der Waals surface area contributed by atoms with E-state index >= 15 is 0 Å². The lowest BCUT2D eigenvalue weighted by Crippen LogP contribution is -2.28. The number of hydrogen-bond acceptors (Lipinski definition) is 2. The van der Waals surface area contributed by atoms with Crippen LogP contribution in [0.4, 0.5) is 23.7 Å². The fourth-order valence-corrected chi connectivity index (χ4v) is 1.94. The molecule has 4 nitrogen and oxygen atoms in total. The van der Waals surface area contributed by atoms with Gasteiger partial charge in [0.25, 0.3) is 0 Å². The number of aryl methyl sites for hydroxylation is 1. The predicted octanol–water partition coefficient (Wildman–Crippen LogP) is 4.06. The molecule has 0 spiro atoms. The highest BCUT2D eigenvalue weighted by atomic mass is 19.3. The van der Waals surface area contributed by atoms with Crippen LogP contribution in [0.3, 0.4) is 0 Å². The van der Waals surface area contributed by atoms with Gasteiger partial charge in [0, 0.05) is 6.54 Å². The molecule has 0 atom stereocenters. The maximum absolute atomic E-state index is 12.8. The third kappa shape index (κ3) is 4.91. The number of amides is 2. The molecule has 2 rings (SSSR count). The first-order valence-corrected chi connectivity index (χ1v) is 6.79.